The van der Waals surface area contributed by atoms with Crippen molar-refractivity contribution in [3.8, 4) is 12.3 Å². The summed E-state index contributed by atoms with van der Waals surface area (Å²) in [7, 11) is 0. The first-order valence-corrected chi connectivity index (χ1v) is 7.91. The van der Waals surface area contributed by atoms with E-state index in [4.69, 9.17) is 6.42 Å². The molecule has 106 valence electrons. The SMILES string of the molecule is C#CCSCCNC1CC(=O)N(C(CC)CC)C1=O. The number of carbonyl (C=O) groups excluding carboxylic acids is 2. The molecule has 0 aromatic heterocycles. The van der Waals surface area contributed by atoms with Crippen LogP contribution in [0.4, 0.5) is 0 Å². The monoisotopic (exact) mass is 282 g/mol. The van der Waals surface area contributed by atoms with Crippen LogP contribution in [0.25, 0.3) is 0 Å². The van der Waals surface area contributed by atoms with Crippen LogP contribution in [0.2, 0.25) is 0 Å². The normalized spacial score (nSPS) is 19.3. The lowest BCUT2D eigenvalue weighted by Crippen LogP contribution is -2.44. The molecule has 0 aromatic carbocycles. The van der Waals surface area contributed by atoms with Crippen LogP contribution in [0, 0.1) is 12.3 Å². The van der Waals surface area contributed by atoms with Crippen molar-refractivity contribution in [1.29, 1.82) is 0 Å². The van der Waals surface area contributed by atoms with E-state index in [2.05, 4.69) is 11.2 Å². The predicted octanol–water partition coefficient (Wildman–Crippen LogP) is 1.26. The third-order valence-electron chi connectivity index (χ3n) is 3.31. The minimum atomic E-state index is -0.348. The Hall–Kier alpha value is -0.990. The van der Waals surface area contributed by atoms with Crippen LogP contribution in [-0.4, -0.2) is 46.8 Å². The summed E-state index contributed by atoms with van der Waals surface area (Å²) in [5.74, 6) is 3.97. The van der Waals surface area contributed by atoms with E-state index in [-0.39, 0.29) is 30.3 Å². The van der Waals surface area contributed by atoms with Crippen molar-refractivity contribution in [2.24, 2.45) is 0 Å². The number of thioether (sulfide) groups is 1. The average Bonchev–Trinajstić information content (AvgIpc) is 2.68. The van der Waals surface area contributed by atoms with E-state index in [9.17, 15) is 9.59 Å². The molecule has 1 atom stereocenters. The quantitative estimate of drug-likeness (QED) is 0.414. The molecule has 1 aliphatic heterocycles. The third kappa shape index (κ3) is 4.26. The van der Waals surface area contributed by atoms with Gasteiger partial charge in [-0.1, -0.05) is 19.8 Å². The van der Waals surface area contributed by atoms with E-state index in [1.807, 2.05) is 13.8 Å². The van der Waals surface area contributed by atoms with Crippen LogP contribution in [0.5, 0.6) is 0 Å². The first-order valence-electron chi connectivity index (χ1n) is 6.76. The highest BCUT2D eigenvalue weighted by Crippen LogP contribution is 2.20. The van der Waals surface area contributed by atoms with Gasteiger partial charge in [-0.3, -0.25) is 14.5 Å². The summed E-state index contributed by atoms with van der Waals surface area (Å²) in [6.07, 6.45) is 7.08. The number of nitrogens with zero attached hydrogens (tertiary/aromatic N) is 1. The number of imide groups is 1. The molecule has 1 N–H and O–H groups in total. The second-order valence-electron chi connectivity index (χ2n) is 4.54. The van der Waals surface area contributed by atoms with Gasteiger partial charge < -0.3 is 5.32 Å². The van der Waals surface area contributed by atoms with E-state index in [1.165, 1.54) is 4.90 Å². The van der Waals surface area contributed by atoms with Crippen LogP contribution in [0.3, 0.4) is 0 Å². The molecule has 1 unspecified atom stereocenters. The number of rotatable bonds is 8. The minimum Gasteiger partial charge on any atom is -0.305 e. The van der Waals surface area contributed by atoms with Crippen LogP contribution in [0.15, 0.2) is 0 Å². The topological polar surface area (TPSA) is 49.4 Å². The van der Waals surface area contributed by atoms with Gasteiger partial charge >= 0.3 is 0 Å². The largest absolute Gasteiger partial charge is 0.305 e. The number of nitrogens with one attached hydrogen (secondary N) is 1. The van der Waals surface area contributed by atoms with E-state index >= 15 is 0 Å². The Morgan fingerprint density at radius 1 is 1.47 bits per heavy atom. The van der Waals surface area contributed by atoms with Gasteiger partial charge in [-0.25, -0.2) is 0 Å². The standard InChI is InChI=1S/C14H22N2O2S/c1-4-8-19-9-7-15-12-10-13(17)16(14(12)18)11(5-2)6-3/h1,11-12,15H,5-10H2,2-3H3. The van der Waals surface area contributed by atoms with E-state index in [0.29, 0.717) is 12.3 Å². The Bertz CT molecular complexity index is 361. The van der Waals surface area contributed by atoms with Gasteiger partial charge in [-0.2, -0.15) is 0 Å². The molecule has 0 spiro atoms. The summed E-state index contributed by atoms with van der Waals surface area (Å²) in [4.78, 5) is 25.6. The number of likely N-dealkylation sites (tertiary alicyclic amines) is 1. The Morgan fingerprint density at radius 3 is 2.74 bits per heavy atom. The average molecular weight is 282 g/mol. The van der Waals surface area contributed by atoms with Crippen molar-refractivity contribution >= 4 is 23.6 Å². The summed E-state index contributed by atoms with van der Waals surface area (Å²) in [6.45, 7) is 4.71. The highest BCUT2D eigenvalue weighted by molar-refractivity contribution is 7.99. The number of terminal acetylenes is 1. The van der Waals surface area contributed by atoms with Gasteiger partial charge in [0.15, 0.2) is 0 Å². The van der Waals surface area contributed by atoms with Crippen molar-refractivity contribution < 1.29 is 9.59 Å². The first kappa shape index (κ1) is 16.1. The molecular weight excluding hydrogens is 260 g/mol. The van der Waals surface area contributed by atoms with Crippen LogP contribution >= 0.6 is 11.8 Å². The van der Waals surface area contributed by atoms with Gasteiger partial charge in [0.05, 0.1) is 18.2 Å². The Balaban J connectivity index is 2.44. The molecule has 4 nitrogen and oxygen atoms in total. The molecule has 19 heavy (non-hydrogen) atoms. The van der Waals surface area contributed by atoms with E-state index < -0.39 is 0 Å². The highest BCUT2D eigenvalue weighted by Gasteiger charge is 2.40. The summed E-state index contributed by atoms with van der Waals surface area (Å²) >= 11 is 1.65. The summed E-state index contributed by atoms with van der Waals surface area (Å²) in [5.41, 5.74) is 0. The van der Waals surface area contributed by atoms with E-state index in [0.717, 1.165) is 18.6 Å². The molecule has 1 heterocycles. The fourth-order valence-corrected chi connectivity index (χ4v) is 2.81. The van der Waals surface area contributed by atoms with Gasteiger partial charge in [-0.15, -0.1) is 18.2 Å². The van der Waals surface area contributed by atoms with Gasteiger partial charge in [0.25, 0.3) is 0 Å². The van der Waals surface area contributed by atoms with Crippen molar-refractivity contribution in [2.75, 3.05) is 18.1 Å². The molecular formula is C14H22N2O2S. The maximum Gasteiger partial charge on any atom is 0.247 e. The highest BCUT2D eigenvalue weighted by atomic mass is 32.2. The van der Waals surface area contributed by atoms with Crippen LogP contribution in [0.1, 0.15) is 33.1 Å². The zero-order valence-electron chi connectivity index (χ0n) is 11.6. The van der Waals surface area contributed by atoms with Gasteiger partial charge in [0, 0.05) is 18.3 Å². The fourth-order valence-electron chi connectivity index (χ4n) is 2.28. The number of amides is 2. The molecule has 0 saturated carbocycles. The number of hydrogen-bond acceptors (Lipinski definition) is 4. The summed E-state index contributed by atoms with van der Waals surface area (Å²) in [6, 6.07) is -0.304. The second kappa shape index (κ2) is 8.23. The van der Waals surface area contributed by atoms with Crippen molar-refractivity contribution in [3.63, 3.8) is 0 Å². The van der Waals surface area contributed by atoms with Crippen LogP contribution < -0.4 is 5.32 Å². The van der Waals surface area contributed by atoms with Gasteiger partial charge in [-0.05, 0) is 12.8 Å². The van der Waals surface area contributed by atoms with Crippen LogP contribution in [-0.2, 0) is 9.59 Å². The summed E-state index contributed by atoms with van der Waals surface area (Å²) < 4.78 is 0. The van der Waals surface area contributed by atoms with Gasteiger partial charge in [0.2, 0.25) is 11.8 Å². The fraction of sp³-hybridized carbons (Fsp3) is 0.714. The second-order valence-corrected chi connectivity index (χ2v) is 5.65. The molecule has 0 bridgehead atoms. The number of hydrogen-bond donors (Lipinski definition) is 1. The predicted molar refractivity (Wildman–Crippen MR) is 78.8 cm³/mol. The lowest BCUT2D eigenvalue weighted by Gasteiger charge is -2.24. The molecule has 0 aliphatic carbocycles. The molecule has 1 rings (SSSR count). The molecule has 1 aliphatic rings. The van der Waals surface area contributed by atoms with E-state index in [1.54, 1.807) is 11.8 Å². The van der Waals surface area contributed by atoms with Gasteiger partial charge in [0.1, 0.15) is 0 Å². The zero-order chi connectivity index (χ0) is 14.3. The smallest absolute Gasteiger partial charge is 0.247 e. The van der Waals surface area contributed by atoms with Crippen molar-refractivity contribution in [1.82, 2.24) is 10.2 Å². The summed E-state index contributed by atoms with van der Waals surface area (Å²) in [5, 5.41) is 3.15. The first-order chi connectivity index (χ1) is 9.15. The lowest BCUT2D eigenvalue weighted by molar-refractivity contribution is -0.141. The molecule has 2 amide bonds. The molecule has 1 saturated heterocycles. The Kier molecular flexibility index (Phi) is 6.96. The van der Waals surface area contributed by atoms with Crippen molar-refractivity contribution in [3.05, 3.63) is 0 Å². The molecule has 0 radical (unpaired) electrons. The maximum atomic E-state index is 12.2. The molecule has 5 heteroatoms. The van der Waals surface area contributed by atoms with Crippen molar-refractivity contribution in [2.45, 2.75) is 45.2 Å². The molecule has 1 fully saturated rings. The zero-order valence-corrected chi connectivity index (χ0v) is 12.5. The Morgan fingerprint density at radius 2 is 2.16 bits per heavy atom. The maximum absolute atomic E-state index is 12.2. The molecule has 0 aromatic rings. The Labute approximate surface area is 119 Å². The number of carbonyl (C=O) groups is 2. The third-order valence-corrected chi connectivity index (χ3v) is 4.18. The minimum absolute atomic E-state index is 0.0441. The lowest BCUT2D eigenvalue weighted by atomic mass is 10.1.